The van der Waals surface area contributed by atoms with Crippen molar-refractivity contribution >= 4 is 63.3 Å². The molecule has 1 saturated heterocycles. The summed E-state index contributed by atoms with van der Waals surface area (Å²) in [5, 5.41) is 7.54. The third-order valence-corrected chi connectivity index (χ3v) is 6.89. The van der Waals surface area contributed by atoms with Crippen LogP contribution in [0, 0.1) is 0 Å². The van der Waals surface area contributed by atoms with Crippen molar-refractivity contribution in [2.24, 2.45) is 0 Å². The van der Waals surface area contributed by atoms with E-state index in [1.807, 2.05) is 12.1 Å². The number of anilines is 3. The minimum atomic E-state index is -0.589. The fourth-order valence-electron chi connectivity index (χ4n) is 4.26. The van der Waals surface area contributed by atoms with Crippen LogP contribution in [0.3, 0.4) is 0 Å². The summed E-state index contributed by atoms with van der Waals surface area (Å²) in [4.78, 5) is 43.9. The summed E-state index contributed by atoms with van der Waals surface area (Å²) in [5.74, 6) is -0.377. The van der Waals surface area contributed by atoms with Crippen molar-refractivity contribution in [2.45, 2.75) is 6.42 Å². The molecule has 42 heavy (non-hydrogen) atoms. The number of nitrogens with zero attached hydrogens (tertiary/aromatic N) is 5. The summed E-state index contributed by atoms with van der Waals surface area (Å²) >= 11 is 12.6. The van der Waals surface area contributed by atoms with E-state index in [1.165, 1.54) is 12.5 Å². The fraction of sp³-hybridized carbons (Fsp3) is 0.241. The molecule has 0 bridgehead atoms. The second-order valence-electron chi connectivity index (χ2n) is 9.29. The molecule has 11 nitrogen and oxygen atoms in total. The molecule has 0 saturated carbocycles. The Balaban J connectivity index is 1.19. The van der Waals surface area contributed by atoms with Gasteiger partial charge in [-0.15, -0.1) is 0 Å². The Morgan fingerprint density at radius 1 is 1.02 bits per heavy atom. The number of aromatic nitrogens is 4. The molecule has 13 heteroatoms. The molecule has 1 amide bonds. The van der Waals surface area contributed by atoms with Crippen molar-refractivity contribution in [1.29, 1.82) is 0 Å². The Morgan fingerprint density at radius 3 is 2.69 bits per heavy atom. The zero-order chi connectivity index (χ0) is 29.3. The van der Waals surface area contributed by atoms with Crippen molar-refractivity contribution in [3.05, 3.63) is 77.3 Å². The van der Waals surface area contributed by atoms with Crippen LogP contribution in [-0.2, 0) is 19.1 Å². The Morgan fingerprint density at radius 2 is 1.88 bits per heavy atom. The van der Waals surface area contributed by atoms with Crippen LogP contribution in [-0.4, -0.2) is 76.2 Å². The number of ether oxygens (including phenoxy) is 2. The van der Waals surface area contributed by atoms with Gasteiger partial charge in [-0.1, -0.05) is 23.2 Å². The molecular weight excluding hydrogens is 581 g/mol. The number of hydrogen-bond acceptors (Lipinski definition) is 10. The number of halogens is 2. The second-order valence-corrected chi connectivity index (χ2v) is 10.1. The molecule has 1 aliphatic heterocycles. The highest BCUT2D eigenvalue weighted by Crippen LogP contribution is 2.32. The summed E-state index contributed by atoms with van der Waals surface area (Å²) in [6.07, 6.45) is 7.45. The minimum absolute atomic E-state index is 0.259. The Hall–Kier alpha value is -4.16. The molecule has 4 aromatic rings. The number of fused-ring (bicyclic) bond motifs is 1. The molecule has 216 valence electrons. The van der Waals surface area contributed by atoms with Gasteiger partial charge in [-0.25, -0.2) is 19.7 Å². The topological polar surface area (TPSA) is 131 Å². The van der Waals surface area contributed by atoms with Crippen LogP contribution in [0.25, 0.3) is 22.2 Å². The van der Waals surface area contributed by atoms with Crippen molar-refractivity contribution in [1.82, 2.24) is 24.8 Å². The summed E-state index contributed by atoms with van der Waals surface area (Å²) < 4.78 is 10.5. The predicted octanol–water partition coefficient (Wildman–Crippen LogP) is 4.90. The maximum Gasteiger partial charge on any atom is 0.330 e. The molecule has 2 N–H and O–H groups in total. The lowest BCUT2D eigenvalue weighted by Crippen LogP contribution is -2.37. The molecule has 0 spiro atoms. The van der Waals surface area contributed by atoms with E-state index in [0.29, 0.717) is 44.6 Å². The molecule has 5 rings (SSSR count). The number of carbonyl (C=O) groups is 2. The van der Waals surface area contributed by atoms with Crippen LogP contribution in [0.4, 0.5) is 17.3 Å². The molecule has 1 aliphatic rings. The predicted molar refractivity (Wildman–Crippen MR) is 161 cm³/mol. The van der Waals surface area contributed by atoms with Gasteiger partial charge in [0.25, 0.3) is 0 Å². The zero-order valence-corrected chi connectivity index (χ0v) is 23.9. The second kappa shape index (κ2) is 14.1. The Bertz CT molecular complexity index is 1610. The monoisotopic (exact) mass is 607 g/mol. The van der Waals surface area contributed by atoms with Crippen LogP contribution < -0.4 is 10.6 Å². The van der Waals surface area contributed by atoms with Gasteiger partial charge in [-0.2, -0.15) is 0 Å². The van der Waals surface area contributed by atoms with Crippen molar-refractivity contribution in [3.63, 3.8) is 0 Å². The highest BCUT2D eigenvalue weighted by Gasteiger charge is 2.12. The first-order valence-electron chi connectivity index (χ1n) is 13.2. The van der Waals surface area contributed by atoms with E-state index in [0.717, 1.165) is 50.6 Å². The van der Waals surface area contributed by atoms with E-state index in [1.54, 1.807) is 30.5 Å². The van der Waals surface area contributed by atoms with Gasteiger partial charge in [-0.05, 0) is 42.8 Å². The normalized spacial score (nSPS) is 13.8. The van der Waals surface area contributed by atoms with Gasteiger partial charge >= 0.3 is 5.97 Å². The van der Waals surface area contributed by atoms with E-state index in [9.17, 15) is 9.59 Å². The van der Waals surface area contributed by atoms with Gasteiger partial charge in [0.2, 0.25) is 5.91 Å². The van der Waals surface area contributed by atoms with Crippen LogP contribution in [0.1, 0.15) is 6.42 Å². The smallest absolute Gasteiger partial charge is 0.330 e. The van der Waals surface area contributed by atoms with Gasteiger partial charge in [0, 0.05) is 59.6 Å². The van der Waals surface area contributed by atoms with E-state index in [4.69, 9.17) is 32.7 Å². The van der Waals surface area contributed by atoms with Crippen molar-refractivity contribution in [2.75, 3.05) is 50.1 Å². The van der Waals surface area contributed by atoms with Crippen LogP contribution in [0.5, 0.6) is 0 Å². The number of amides is 1. The van der Waals surface area contributed by atoms with E-state index < -0.39 is 11.9 Å². The first-order chi connectivity index (χ1) is 20.4. The summed E-state index contributed by atoms with van der Waals surface area (Å²) in [6.45, 7) is 4.31. The maximum absolute atomic E-state index is 12.4. The van der Waals surface area contributed by atoms with Gasteiger partial charge < -0.3 is 20.1 Å². The number of carbonyl (C=O) groups excluding carboxylic acids is 2. The molecule has 0 atom stereocenters. The largest absolute Gasteiger partial charge is 0.462 e. The summed E-state index contributed by atoms with van der Waals surface area (Å²) in [5.41, 5.74) is 2.63. The van der Waals surface area contributed by atoms with Gasteiger partial charge in [0.1, 0.15) is 18.0 Å². The number of pyridine rings is 2. The molecule has 1 fully saturated rings. The Labute approximate surface area is 251 Å². The number of rotatable bonds is 10. The van der Waals surface area contributed by atoms with E-state index in [2.05, 4.69) is 35.5 Å². The van der Waals surface area contributed by atoms with Gasteiger partial charge in [0.05, 0.1) is 42.3 Å². The molecule has 1 aromatic carbocycles. The van der Waals surface area contributed by atoms with Crippen molar-refractivity contribution in [3.8, 4) is 11.3 Å². The van der Waals surface area contributed by atoms with E-state index >= 15 is 0 Å². The third kappa shape index (κ3) is 7.98. The molecule has 0 unspecified atom stereocenters. The summed E-state index contributed by atoms with van der Waals surface area (Å²) in [7, 11) is 0. The quantitative estimate of drug-likeness (QED) is 0.146. The van der Waals surface area contributed by atoms with Crippen LogP contribution in [0.15, 0.2) is 67.3 Å². The van der Waals surface area contributed by atoms with Crippen molar-refractivity contribution < 1.29 is 19.1 Å². The third-order valence-electron chi connectivity index (χ3n) is 6.34. The lowest BCUT2D eigenvalue weighted by atomic mass is 10.1. The molecule has 4 heterocycles. The molecular formula is C29H27Cl2N7O4. The Kier molecular flexibility index (Phi) is 9.88. The lowest BCUT2D eigenvalue weighted by molar-refractivity contribution is -0.138. The van der Waals surface area contributed by atoms with Gasteiger partial charge in [-0.3, -0.25) is 14.7 Å². The number of benzene rings is 1. The van der Waals surface area contributed by atoms with Gasteiger partial charge in [0.15, 0.2) is 0 Å². The highest BCUT2D eigenvalue weighted by atomic mass is 35.5. The first kappa shape index (κ1) is 29.3. The summed E-state index contributed by atoms with van der Waals surface area (Å²) in [6, 6.07) is 10.5. The number of hydrogen-bond donors (Lipinski definition) is 2. The zero-order valence-electron chi connectivity index (χ0n) is 22.4. The average Bonchev–Trinajstić information content (AvgIpc) is 2.99. The minimum Gasteiger partial charge on any atom is -0.462 e. The maximum atomic E-state index is 12.4. The first-order valence-corrected chi connectivity index (χ1v) is 14.0. The lowest BCUT2D eigenvalue weighted by Gasteiger charge is -2.26. The number of nitrogens with one attached hydrogen (secondary N) is 2. The fourth-order valence-corrected chi connectivity index (χ4v) is 4.70. The SMILES string of the molecule is O=C(/C=C/C(=O)OCCCN1CCOCC1)Nc1cc2c(Nc3ccc(-c4cc(Cl)ccn4)c(Cl)c3)ncnc2cn1. The molecule has 0 radical (unpaired) electrons. The van der Waals surface area contributed by atoms with E-state index in [-0.39, 0.29) is 12.4 Å². The number of esters is 1. The highest BCUT2D eigenvalue weighted by molar-refractivity contribution is 6.34. The standard InChI is InChI=1S/C29H27Cl2N7O4/c30-19-6-7-32-24(14-19)21-3-2-20(15-23(21)31)36-29-22-16-26(33-17-25(22)34-18-35-29)37-27(39)4-5-28(40)42-11-1-8-38-9-12-41-13-10-38/h2-7,14-18H,1,8-13H2,(H,33,37,39)(H,34,35,36)/b5-4+. The van der Waals surface area contributed by atoms with Crippen LogP contribution >= 0.6 is 23.2 Å². The molecule has 0 aliphatic carbocycles. The molecule has 3 aromatic heterocycles. The van der Waals surface area contributed by atoms with Crippen LogP contribution in [0.2, 0.25) is 10.0 Å². The average molecular weight is 608 g/mol. The number of morpholine rings is 1.